The van der Waals surface area contributed by atoms with E-state index in [4.69, 9.17) is 16.3 Å². The average Bonchev–Trinajstić information content (AvgIpc) is 2.40. The van der Waals surface area contributed by atoms with E-state index in [1.54, 1.807) is 6.92 Å². The highest BCUT2D eigenvalue weighted by atomic mass is 35.5. The summed E-state index contributed by atoms with van der Waals surface area (Å²) in [4.78, 5) is 0. The summed E-state index contributed by atoms with van der Waals surface area (Å²) in [6, 6.07) is 8.13. The molecule has 0 saturated heterocycles. The van der Waals surface area contributed by atoms with Gasteiger partial charge in [-0.15, -0.1) is 0 Å². The number of benzene rings is 2. The first-order valence-corrected chi connectivity index (χ1v) is 6.39. The van der Waals surface area contributed by atoms with Gasteiger partial charge < -0.3 is 9.84 Å². The molecule has 1 atom stereocenters. The first-order valence-electron chi connectivity index (χ1n) is 6.01. The van der Waals surface area contributed by atoms with E-state index in [0.29, 0.717) is 11.1 Å². The Morgan fingerprint density at radius 3 is 2.60 bits per heavy atom. The molecule has 20 heavy (non-hydrogen) atoms. The van der Waals surface area contributed by atoms with Crippen LogP contribution in [0.1, 0.15) is 24.2 Å². The van der Waals surface area contributed by atoms with Gasteiger partial charge in [0, 0.05) is 11.6 Å². The minimum atomic E-state index is -0.776. The van der Waals surface area contributed by atoms with Gasteiger partial charge in [0.1, 0.15) is 24.0 Å². The lowest BCUT2D eigenvalue weighted by Crippen LogP contribution is -2.02. The molecule has 1 N–H and O–H groups in total. The molecule has 0 aliphatic rings. The zero-order valence-electron chi connectivity index (χ0n) is 10.7. The number of rotatable bonds is 4. The summed E-state index contributed by atoms with van der Waals surface area (Å²) in [6.07, 6.45) is -0.776. The maximum absolute atomic E-state index is 13.2. The molecule has 106 valence electrons. The van der Waals surface area contributed by atoms with Crippen molar-refractivity contribution in [3.05, 3.63) is 64.2 Å². The van der Waals surface area contributed by atoms with Crippen LogP contribution in [0.5, 0.6) is 5.75 Å². The molecule has 0 unspecified atom stereocenters. The maximum Gasteiger partial charge on any atom is 0.141 e. The maximum atomic E-state index is 13.2. The molecule has 0 heterocycles. The summed E-state index contributed by atoms with van der Waals surface area (Å²) in [5.41, 5.74) is 1.14. The molecule has 0 aromatic heterocycles. The van der Waals surface area contributed by atoms with Gasteiger partial charge in [0.05, 0.1) is 11.1 Å². The molecule has 2 rings (SSSR count). The number of hydrogen-bond acceptors (Lipinski definition) is 2. The molecule has 0 aliphatic carbocycles. The van der Waals surface area contributed by atoms with Gasteiger partial charge in [-0.25, -0.2) is 8.78 Å². The van der Waals surface area contributed by atoms with E-state index in [-0.39, 0.29) is 17.4 Å². The Labute approximate surface area is 120 Å². The summed E-state index contributed by atoms with van der Waals surface area (Å²) in [6.45, 7) is 1.66. The summed E-state index contributed by atoms with van der Waals surface area (Å²) in [5.74, 6) is -0.715. The van der Waals surface area contributed by atoms with Crippen LogP contribution >= 0.6 is 11.6 Å². The number of aliphatic hydroxyl groups is 1. The van der Waals surface area contributed by atoms with Crippen LogP contribution in [-0.2, 0) is 6.61 Å². The fourth-order valence-corrected chi connectivity index (χ4v) is 1.97. The quantitative estimate of drug-likeness (QED) is 0.914. The van der Waals surface area contributed by atoms with Crippen molar-refractivity contribution in [3.63, 3.8) is 0 Å². The molecule has 0 bridgehead atoms. The monoisotopic (exact) mass is 298 g/mol. The molecular weight excluding hydrogens is 286 g/mol. The van der Waals surface area contributed by atoms with E-state index in [1.807, 2.05) is 0 Å². The summed E-state index contributed by atoms with van der Waals surface area (Å²) in [5, 5.41) is 9.60. The Balaban J connectivity index is 2.17. The van der Waals surface area contributed by atoms with E-state index >= 15 is 0 Å². The van der Waals surface area contributed by atoms with Crippen molar-refractivity contribution >= 4 is 11.6 Å². The minimum absolute atomic E-state index is 0.00101. The van der Waals surface area contributed by atoms with E-state index < -0.39 is 17.7 Å². The molecule has 5 heteroatoms. The van der Waals surface area contributed by atoms with Crippen molar-refractivity contribution in [1.82, 2.24) is 0 Å². The second-order valence-electron chi connectivity index (χ2n) is 4.40. The first kappa shape index (κ1) is 14.8. The summed E-state index contributed by atoms with van der Waals surface area (Å²) < 4.78 is 31.7. The Morgan fingerprint density at radius 2 is 1.95 bits per heavy atom. The highest BCUT2D eigenvalue weighted by molar-refractivity contribution is 6.30. The van der Waals surface area contributed by atoms with Crippen molar-refractivity contribution in [2.75, 3.05) is 0 Å². The van der Waals surface area contributed by atoms with Crippen LogP contribution in [-0.4, -0.2) is 5.11 Å². The molecule has 2 aromatic carbocycles. The number of halogens is 3. The lowest BCUT2D eigenvalue weighted by Gasteiger charge is -2.13. The molecule has 0 amide bonds. The highest BCUT2D eigenvalue weighted by Crippen LogP contribution is 2.27. The van der Waals surface area contributed by atoms with Crippen LogP contribution in [0.2, 0.25) is 5.02 Å². The predicted molar refractivity (Wildman–Crippen MR) is 72.8 cm³/mol. The van der Waals surface area contributed by atoms with Gasteiger partial charge in [-0.3, -0.25) is 0 Å². The van der Waals surface area contributed by atoms with Crippen LogP contribution in [0.15, 0.2) is 36.4 Å². The Kier molecular flexibility index (Phi) is 4.57. The summed E-state index contributed by atoms with van der Waals surface area (Å²) >= 11 is 5.67. The molecule has 0 aliphatic heterocycles. The van der Waals surface area contributed by atoms with Crippen LogP contribution in [0, 0.1) is 11.6 Å². The molecule has 0 spiro atoms. The Bertz CT molecular complexity index is 615. The normalized spacial score (nSPS) is 12.2. The zero-order chi connectivity index (χ0) is 14.7. The Morgan fingerprint density at radius 1 is 1.20 bits per heavy atom. The van der Waals surface area contributed by atoms with Gasteiger partial charge in [-0.1, -0.05) is 17.7 Å². The van der Waals surface area contributed by atoms with Crippen LogP contribution < -0.4 is 4.74 Å². The number of ether oxygens (including phenoxy) is 1. The van der Waals surface area contributed by atoms with Crippen LogP contribution in [0.4, 0.5) is 8.78 Å². The topological polar surface area (TPSA) is 29.5 Å². The van der Waals surface area contributed by atoms with Crippen molar-refractivity contribution in [3.8, 4) is 5.75 Å². The molecule has 2 aromatic rings. The molecule has 0 radical (unpaired) electrons. The largest absolute Gasteiger partial charge is 0.488 e. The molecular formula is C15H13ClF2O2. The van der Waals surface area contributed by atoms with Gasteiger partial charge in [-0.05, 0) is 36.8 Å². The minimum Gasteiger partial charge on any atom is -0.488 e. The average molecular weight is 299 g/mol. The predicted octanol–water partition coefficient (Wildman–Crippen LogP) is 4.25. The van der Waals surface area contributed by atoms with Crippen molar-refractivity contribution in [2.45, 2.75) is 19.6 Å². The zero-order valence-corrected chi connectivity index (χ0v) is 11.5. The molecule has 0 saturated carbocycles. The SMILES string of the molecule is C[C@@H](O)c1ccc(F)cc1OCc1ccc(F)c(Cl)c1. The van der Waals surface area contributed by atoms with Crippen LogP contribution in [0.25, 0.3) is 0 Å². The van der Waals surface area contributed by atoms with Crippen molar-refractivity contribution in [1.29, 1.82) is 0 Å². The first-order chi connectivity index (χ1) is 9.47. The van der Waals surface area contributed by atoms with Crippen molar-refractivity contribution < 1.29 is 18.6 Å². The van der Waals surface area contributed by atoms with E-state index in [1.165, 1.54) is 36.4 Å². The van der Waals surface area contributed by atoms with Gasteiger partial charge in [-0.2, -0.15) is 0 Å². The third-order valence-corrected chi connectivity index (χ3v) is 3.09. The third-order valence-electron chi connectivity index (χ3n) is 2.80. The molecule has 2 nitrogen and oxygen atoms in total. The second kappa shape index (κ2) is 6.20. The fraction of sp³-hybridized carbons (Fsp3) is 0.200. The fourth-order valence-electron chi connectivity index (χ4n) is 1.77. The van der Waals surface area contributed by atoms with Gasteiger partial charge in [0.2, 0.25) is 0 Å². The van der Waals surface area contributed by atoms with Crippen LogP contribution in [0.3, 0.4) is 0 Å². The standard InChI is InChI=1S/C15H13ClF2O2/c1-9(19)12-4-3-11(17)7-15(12)20-8-10-2-5-14(18)13(16)6-10/h2-7,9,19H,8H2,1H3/t9-/m1/s1. The third kappa shape index (κ3) is 3.46. The second-order valence-corrected chi connectivity index (χ2v) is 4.80. The smallest absolute Gasteiger partial charge is 0.141 e. The van der Waals surface area contributed by atoms with Gasteiger partial charge in [0.15, 0.2) is 0 Å². The van der Waals surface area contributed by atoms with E-state index in [2.05, 4.69) is 0 Å². The number of aliphatic hydroxyl groups excluding tert-OH is 1. The van der Waals surface area contributed by atoms with Gasteiger partial charge >= 0.3 is 0 Å². The molecule has 0 fully saturated rings. The lowest BCUT2D eigenvalue weighted by atomic mass is 10.1. The Hall–Kier alpha value is -1.65. The summed E-state index contributed by atoms with van der Waals surface area (Å²) in [7, 11) is 0. The number of hydrogen-bond donors (Lipinski definition) is 1. The van der Waals surface area contributed by atoms with Gasteiger partial charge in [0.25, 0.3) is 0 Å². The van der Waals surface area contributed by atoms with E-state index in [0.717, 1.165) is 0 Å². The van der Waals surface area contributed by atoms with Crippen molar-refractivity contribution in [2.24, 2.45) is 0 Å². The highest BCUT2D eigenvalue weighted by Gasteiger charge is 2.11. The lowest BCUT2D eigenvalue weighted by molar-refractivity contribution is 0.190. The van der Waals surface area contributed by atoms with E-state index in [9.17, 15) is 13.9 Å².